The van der Waals surface area contributed by atoms with E-state index >= 15 is 0 Å². The van der Waals surface area contributed by atoms with Crippen LogP contribution in [0.3, 0.4) is 0 Å². The summed E-state index contributed by atoms with van der Waals surface area (Å²) in [6.07, 6.45) is 3.88. The largest absolute Gasteiger partial charge is 0.382 e. The molecule has 0 saturated heterocycles. The first-order valence-corrected chi connectivity index (χ1v) is 7.32. The predicted molar refractivity (Wildman–Crippen MR) is 84.2 cm³/mol. The van der Waals surface area contributed by atoms with E-state index in [0.717, 1.165) is 25.9 Å². The van der Waals surface area contributed by atoms with E-state index in [1.165, 1.54) is 0 Å². The van der Waals surface area contributed by atoms with Crippen molar-refractivity contribution in [1.82, 2.24) is 9.97 Å². The van der Waals surface area contributed by atoms with Crippen molar-refractivity contribution in [3.63, 3.8) is 0 Å². The number of hydrogen-bond acceptors (Lipinski definition) is 4. The number of nitrogens with zero attached hydrogens (tertiary/aromatic N) is 3. The van der Waals surface area contributed by atoms with E-state index < -0.39 is 0 Å². The second-order valence-corrected chi connectivity index (χ2v) is 6.01. The highest BCUT2D eigenvalue weighted by Crippen LogP contribution is 2.13. The maximum absolute atomic E-state index is 7.48. The lowest BCUT2D eigenvalue weighted by Gasteiger charge is -2.24. The molecule has 1 rings (SSSR count). The van der Waals surface area contributed by atoms with Crippen LogP contribution in [0.4, 0.5) is 5.95 Å². The Bertz CT molecular complexity index is 416. The molecule has 0 amide bonds. The van der Waals surface area contributed by atoms with Crippen LogP contribution in [0.15, 0.2) is 12.3 Å². The molecular formula is C15H27N5. The zero-order valence-electron chi connectivity index (χ0n) is 13.1. The summed E-state index contributed by atoms with van der Waals surface area (Å²) in [7, 11) is 0. The van der Waals surface area contributed by atoms with Gasteiger partial charge in [-0.25, -0.2) is 9.97 Å². The van der Waals surface area contributed by atoms with Gasteiger partial charge in [0, 0.05) is 19.3 Å². The SMILES string of the molecule is CC(C)CCN(CCC(C)C)c1nccc(C(=N)N)n1. The molecule has 0 spiro atoms. The molecule has 5 heteroatoms. The maximum Gasteiger partial charge on any atom is 0.225 e. The van der Waals surface area contributed by atoms with Crippen LogP contribution in [0.1, 0.15) is 46.2 Å². The van der Waals surface area contributed by atoms with Gasteiger partial charge in [-0.1, -0.05) is 27.7 Å². The Labute approximate surface area is 122 Å². The first-order chi connectivity index (χ1) is 9.40. The van der Waals surface area contributed by atoms with Crippen LogP contribution < -0.4 is 10.6 Å². The minimum Gasteiger partial charge on any atom is -0.382 e. The summed E-state index contributed by atoms with van der Waals surface area (Å²) in [6, 6.07) is 1.68. The van der Waals surface area contributed by atoms with Crippen LogP contribution in [0.25, 0.3) is 0 Å². The van der Waals surface area contributed by atoms with Crippen LogP contribution in [0.2, 0.25) is 0 Å². The molecule has 0 aliphatic rings. The van der Waals surface area contributed by atoms with Crippen LogP contribution >= 0.6 is 0 Å². The number of hydrogen-bond donors (Lipinski definition) is 2. The lowest BCUT2D eigenvalue weighted by atomic mass is 10.1. The quantitative estimate of drug-likeness (QED) is 0.565. The number of nitrogen functional groups attached to an aromatic ring is 1. The fourth-order valence-corrected chi connectivity index (χ4v) is 1.79. The van der Waals surface area contributed by atoms with Gasteiger partial charge in [-0.05, 0) is 30.7 Å². The topological polar surface area (TPSA) is 78.9 Å². The summed E-state index contributed by atoms with van der Waals surface area (Å²) in [5.74, 6) is 1.96. The van der Waals surface area contributed by atoms with Gasteiger partial charge in [0.15, 0.2) is 0 Å². The molecule has 0 fully saturated rings. The summed E-state index contributed by atoms with van der Waals surface area (Å²) in [4.78, 5) is 10.9. The van der Waals surface area contributed by atoms with Gasteiger partial charge >= 0.3 is 0 Å². The minimum atomic E-state index is -0.0127. The Morgan fingerprint density at radius 2 is 1.75 bits per heavy atom. The van der Waals surface area contributed by atoms with Gasteiger partial charge in [0.2, 0.25) is 5.95 Å². The third-order valence-electron chi connectivity index (χ3n) is 3.15. The van der Waals surface area contributed by atoms with Crippen molar-refractivity contribution in [2.75, 3.05) is 18.0 Å². The highest BCUT2D eigenvalue weighted by atomic mass is 15.2. The molecule has 20 heavy (non-hydrogen) atoms. The smallest absolute Gasteiger partial charge is 0.225 e. The van der Waals surface area contributed by atoms with Crippen molar-refractivity contribution in [2.45, 2.75) is 40.5 Å². The number of nitrogens with two attached hydrogens (primary N) is 1. The average molecular weight is 277 g/mol. The number of aromatic nitrogens is 2. The summed E-state index contributed by atoms with van der Waals surface area (Å²) in [5.41, 5.74) is 6.00. The summed E-state index contributed by atoms with van der Waals surface area (Å²) < 4.78 is 0. The van der Waals surface area contributed by atoms with Gasteiger partial charge < -0.3 is 10.6 Å². The molecule has 0 atom stereocenters. The van der Waals surface area contributed by atoms with Gasteiger partial charge in [-0.2, -0.15) is 0 Å². The van der Waals surface area contributed by atoms with Crippen molar-refractivity contribution in [3.8, 4) is 0 Å². The molecule has 0 aliphatic heterocycles. The monoisotopic (exact) mass is 277 g/mol. The third kappa shape index (κ3) is 5.55. The van der Waals surface area contributed by atoms with Gasteiger partial charge in [0.05, 0.1) is 0 Å². The lowest BCUT2D eigenvalue weighted by Crippen LogP contribution is -2.30. The Balaban J connectivity index is 2.84. The second kappa shape index (κ2) is 7.82. The third-order valence-corrected chi connectivity index (χ3v) is 3.15. The van der Waals surface area contributed by atoms with Gasteiger partial charge in [0.25, 0.3) is 0 Å². The Hall–Kier alpha value is -1.65. The summed E-state index contributed by atoms with van der Waals surface area (Å²) in [5, 5.41) is 7.48. The Morgan fingerprint density at radius 3 is 2.20 bits per heavy atom. The van der Waals surface area contributed by atoms with Crippen LogP contribution in [0, 0.1) is 17.2 Å². The Kier molecular flexibility index (Phi) is 6.42. The molecule has 1 heterocycles. The van der Waals surface area contributed by atoms with E-state index in [2.05, 4.69) is 42.6 Å². The maximum atomic E-state index is 7.48. The average Bonchev–Trinajstić information content (AvgIpc) is 2.38. The molecule has 1 aromatic heterocycles. The predicted octanol–water partition coefficient (Wildman–Crippen LogP) is 2.66. The van der Waals surface area contributed by atoms with E-state index in [-0.39, 0.29) is 5.84 Å². The van der Waals surface area contributed by atoms with Crippen molar-refractivity contribution < 1.29 is 0 Å². The molecule has 0 aliphatic carbocycles. The number of nitrogens with one attached hydrogen (secondary N) is 1. The zero-order valence-corrected chi connectivity index (χ0v) is 13.1. The zero-order chi connectivity index (χ0) is 15.1. The first-order valence-electron chi connectivity index (χ1n) is 7.32. The fourth-order valence-electron chi connectivity index (χ4n) is 1.79. The van der Waals surface area contributed by atoms with Crippen molar-refractivity contribution in [3.05, 3.63) is 18.0 Å². The molecule has 0 unspecified atom stereocenters. The van der Waals surface area contributed by atoms with Crippen molar-refractivity contribution >= 4 is 11.8 Å². The normalized spacial score (nSPS) is 11.1. The van der Waals surface area contributed by atoms with Gasteiger partial charge in [0.1, 0.15) is 11.5 Å². The van der Waals surface area contributed by atoms with Gasteiger partial charge in [-0.3, -0.25) is 5.41 Å². The summed E-state index contributed by atoms with van der Waals surface area (Å²) >= 11 is 0. The van der Waals surface area contributed by atoms with Crippen LogP contribution in [0.5, 0.6) is 0 Å². The fraction of sp³-hybridized carbons (Fsp3) is 0.667. The summed E-state index contributed by atoms with van der Waals surface area (Å²) in [6.45, 7) is 10.7. The van der Waals surface area contributed by atoms with E-state index in [1.54, 1.807) is 12.3 Å². The van der Waals surface area contributed by atoms with E-state index in [9.17, 15) is 0 Å². The van der Waals surface area contributed by atoms with Crippen molar-refractivity contribution in [2.24, 2.45) is 17.6 Å². The number of rotatable bonds is 8. The molecule has 0 bridgehead atoms. The van der Waals surface area contributed by atoms with Crippen LogP contribution in [-0.2, 0) is 0 Å². The standard InChI is InChI=1S/C15H27N5/c1-11(2)6-9-20(10-7-12(3)4)15-18-8-5-13(19-15)14(16)17/h5,8,11-12H,6-7,9-10H2,1-4H3,(H3,16,17). The second-order valence-electron chi connectivity index (χ2n) is 6.01. The molecule has 1 aromatic rings. The number of amidine groups is 1. The van der Waals surface area contributed by atoms with E-state index in [1.807, 2.05) is 0 Å². The lowest BCUT2D eigenvalue weighted by molar-refractivity contribution is 0.530. The molecular weight excluding hydrogens is 250 g/mol. The highest BCUT2D eigenvalue weighted by molar-refractivity contribution is 5.93. The molecule has 0 saturated carbocycles. The van der Waals surface area contributed by atoms with E-state index in [4.69, 9.17) is 11.1 Å². The molecule has 0 aromatic carbocycles. The van der Waals surface area contributed by atoms with Gasteiger partial charge in [-0.15, -0.1) is 0 Å². The molecule has 5 nitrogen and oxygen atoms in total. The van der Waals surface area contributed by atoms with Crippen molar-refractivity contribution in [1.29, 1.82) is 5.41 Å². The highest BCUT2D eigenvalue weighted by Gasteiger charge is 2.12. The molecule has 112 valence electrons. The number of anilines is 1. The molecule has 0 radical (unpaired) electrons. The first kappa shape index (κ1) is 16.4. The minimum absolute atomic E-state index is 0.0127. The Morgan fingerprint density at radius 1 is 1.20 bits per heavy atom. The molecule has 3 N–H and O–H groups in total. The van der Waals surface area contributed by atoms with Crippen LogP contribution in [-0.4, -0.2) is 28.9 Å². The van der Waals surface area contributed by atoms with E-state index in [0.29, 0.717) is 23.5 Å².